The van der Waals surface area contributed by atoms with E-state index in [1.54, 1.807) is 0 Å². The normalized spacial score (nSPS) is 16.1. The molecule has 1 heterocycles. The Labute approximate surface area is 120 Å². The number of hydrogen-bond acceptors (Lipinski definition) is 3. The van der Waals surface area contributed by atoms with E-state index >= 15 is 0 Å². The van der Waals surface area contributed by atoms with Gasteiger partial charge >= 0.3 is 5.97 Å². The van der Waals surface area contributed by atoms with Crippen molar-refractivity contribution in [3.8, 4) is 0 Å². The molecule has 1 unspecified atom stereocenters. The van der Waals surface area contributed by atoms with Crippen LogP contribution in [0.15, 0.2) is 18.5 Å². The number of unbranched alkanes of at least 4 members (excludes halogenated alkanes) is 2. The first-order valence-corrected chi connectivity index (χ1v) is 7.70. The summed E-state index contributed by atoms with van der Waals surface area (Å²) in [5, 5.41) is 10.0. The lowest BCUT2D eigenvalue weighted by Crippen LogP contribution is -2.03. The molecule has 1 aliphatic rings. The fourth-order valence-electron chi connectivity index (χ4n) is 2.43. The van der Waals surface area contributed by atoms with Crippen LogP contribution in [0, 0.1) is 5.92 Å². The van der Waals surface area contributed by atoms with Crippen LogP contribution in [-0.4, -0.2) is 22.2 Å². The molecule has 2 rings (SSSR count). The summed E-state index contributed by atoms with van der Waals surface area (Å²) >= 11 is 0. The van der Waals surface area contributed by atoms with Crippen molar-refractivity contribution >= 4 is 5.97 Å². The van der Waals surface area contributed by atoms with E-state index < -0.39 is 0 Å². The second-order valence-corrected chi connectivity index (χ2v) is 5.58. The largest absolute Gasteiger partial charge is 0.466 e. The van der Waals surface area contributed by atoms with Crippen molar-refractivity contribution in [2.75, 3.05) is 6.61 Å². The highest BCUT2D eigenvalue weighted by atomic mass is 16.5. The van der Waals surface area contributed by atoms with Crippen LogP contribution in [0.1, 0.15) is 57.1 Å². The first-order valence-electron chi connectivity index (χ1n) is 7.70. The maximum atomic E-state index is 11.2. The van der Waals surface area contributed by atoms with Gasteiger partial charge in [0.25, 0.3) is 0 Å². The smallest absolute Gasteiger partial charge is 0.305 e. The van der Waals surface area contributed by atoms with Crippen molar-refractivity contribution in [3.05, 3.63) is 24.0 Å². The van der Waals surface area contributed by atoms with E-state index in [1.165, 1.54) is 0 Å². The molecule has 0 bridgehead atoms. The number of carbonyl (C=O) groups excluding carboxylic acids is 1. The molecule has 1 N–H and O–H groups in total. The summed E-state index contributed by atoms with van der Waals surface area (Å²) in [6, 6.07) is 2.02. The number of hydrogen-bond donors (Lipinski definition) is 1. The van der Waals surface area contributed by atoms with Gasteiger partial charge in [-0.2, -0.15) is 0 Å². The summed E-state index contributed by atoms with van der Waals surface area (Å²) in [6.45, 7) is 3.24. The molecule has 4 nitrogen and oxygen atoms in total. The number of carbonyl (C=O) groups is 1. The number of ether oxygens (including phenoxy) is 1. The molecule has 0 amide bonds. The van der Waals surface area contributed by atoms with Crippen molar-refractivity contribution in [1.29, 1.82) is 0 Å². The van der Waals surface area contributed by atoms with E-state index in [2.05, 4.69) is 4.57 Å². The molecule has 0 aliphatic heterocycles. The van der Waals surface area contributed by atoms with Gasteiger partial charge in [-0.3, -0.25) is 4.79 Å². The van der Waals surface area contributed by atoms with E-state index in [0.29, 0.717) is 18.9 Å². The molecule has 0 aromatic carbocycles. The van der Waals surface area contributed by atoms with Gasteiger partial charge in [0.05, 0.1) is 12.7 Å². The Hall–Kier alpha value is -1.29. The monoisotopic (exact) mass is 279 g/mol. The van der Waals surface area contributed by atoms with Crippen LogP contribution in [0.3, 0.4) is 0 Å². The summed E-state index contributed by atoms with van der Waals surface area (Å²) in [4.78, 5) is 11.2. The second-order valence-electron chi connectivity index (χ2n) is 5.58. The van der Waals surface area contributed by atoms with Gasteiger partial charge in [0, 0.05) is 25.4 Å². The first-order chi connectivity index (χ1) is 9.70. The lowest BCUT2D eigenvalue weighted by molar-refractivity contribution is -0.143. The SMILES string of the molecule is CCOC(=O)CCCCCn1ccc(C(O)C2CC2)c1. The number of aryl methyl sites for hydroxylation is 1. The van der Waals surface area contributed by atoms with Gasteiger partial charge in [-0.05, 0) is 50.2 Å². The van der Waals surface area contributed by atoms with Crippen molar-refractivity contribution in [2.24, 2.45) is 5.92 Å². The highest BCUT2D eigenvalue weighted by Gasteiger charge is 2.31. The van der Waals surface area contributed by atoms with E-state index in [0.717, 1.165) is 44.2 Å². The maximum absolute atomic E-state index is 11.2. The van der Waals surface area contributed by atoms with Gasteiger partial charge in [-0.15, -0.1) is 0 Å². The van der Waals surface area contributed by atoms with E-state index in [9.17, 15) is 9.90 Å². The molecule has 1 atom stereocenters. The number of aromatic nitrogens is 1. The number of aliphatic hydroxyl groups excluding tert-OH is 1. The average molecular weight is 279 g/mol. The number of nitrogens with zero attached hydrogens (tertiary/aromatic N) is 1. The standard InChI is InChI=1S/C16H25NO3/c1-2-20-15(18)6-4-3-5-10-17-11-9-14(12-17)16(19)13-7-8-13/h9,11-13,16,19H,2-8,10H2,1H3. The van der Waals surface area contributed by atoms with Gasteiger partial charge in [-0.25, -0.2) is 0 Å². The predicted molar refractivity (Wildman–Crippen MR) is 77.2 cm³/mol. The van der Waals surface area contributed by atoms with Gasteiger partial charge < -0.3 is 14.4 Å². The highest BCUT2D eigenvalue weighted by molar-refractivity contribution is 5.69. The van der Waals surface area contributed by atoms with Crippen molar-refractivity contribution in [3.63, 3.8) is 0 Å². The Morgan fingerprint density at radius 1 is 1.45 bits per heavy atom. The summed E-state index contributed by atoms with van der Waals surface area (Å²) in [6.07, 6.45) is 9.59. The zero-order valence-electron chi connectivity index (χ0n) is 12.3. The minimum Gasteiger partial charge on any atom is -0.466 e. The quantitative estimate of drug-likeness (QED) is 0.558. The molecule has 1 aromatic heterocycles. The van der Waals surface area contributed by atoms with Crippen molar-refractivity contribution in [2.45, 2.75) is 58.1 Å². The fourth-order valence-corrected chi connectivity index (χ4v) is 2.43. The molecule has 1 aromatic rings. The summed E-state index contributed by atoms with van der Waals surface area (Å²) in [7, 11) is 0. The first kappa shape index (κ1) is 15.1. The van der Waals surface area contributed by atoms with Crippen LogP contribution in [0.4, 0.5) is 0 Å². The van der Waals surface area contributed by atoms with Gasteiger partial charge in [0.2, 0.25) is 0 Å². The Bertz CT molecular complexity index is 423. The zero-order chi connectivity index (χ0) is 14.4. The van der Waals surface area contributed by atoms with Crippen LogP contribution >= 0.6 is 0 Å². The predicted octanol–water partition coefficient (Wildman–Crippen LogP) is 3.06. The topological polar surface area (TPSA) is 51.5 Å². The third-order valence-electron chi connectivity index (χ3n) is 3.79. The van der Waals surface area contributed by atoms with E-state index in [4.69, 9.17) is 4.74 Å². The van der Waals surface area contributed by atoms with Crippen molar-refractivity contribution < 1.29 is 14.6 Å². The summed E-state index contributed by atoms with van der Waals surface area (Å²) < 4.78 is 7.02. The molecule has 1 fully saturated rings. The molecular formula is C16H25NO3. The molecular weight excluding hydrogens is 254 g/mol. The van der Waals surface area contributed by atoms with Crippen LogP contribution in [0.5, 0.6) is 0 Å². The van der Waals surface area contributed by atoms with Gasteiger partial charge in [0.15, 0.2) is 0 Å². The third-order valence-corrected chi connectivity index (χ3v) is 3.79. The highest BCUT2D eigenvalue weighted by Crippen LogP contribution is 2.40. The number of esters is 1. The Morgan fingerprint density at radius 3 is 2.95 bits per heavy atom. The van der Waals surface area contributed by atoms with E-state index in [-0.39, 0.29) is 12.1 Å². The minimum atomic E-state index is -0.278. The van der Waals surface area contributed by atoms with Crippen LogP contribution in [0.25, 0.3) is 0 Å². The fraction of sp³-hybridized carbons (Fsp3) is 0.688. The van der Waals surface area contributed by atoms with Crippen LogP contribution in [-0.2, 0) is 16.1 Å². The molecule has 112 valence electrons. The second kappa shape index (κ2) is 7.48. The molecule has 20 heavy (non-hydrogen) atoms. The van der Waals surface area contributed by atoms with Gasteiger partial charge in [-0.1, -0.05) is 6.42 Å². The maximum Gasteiger partial charge on any atom is 0.305 e. The molecule has 1 aliphatic carbocycles. The summed E-state index contributed by atoms with van der Waals surface area (Å²) in [5.74, 6) is 0.388. The van der Waals surface area contributed by atoms with E-state index in [1.807, 2.05) is 25.4 Å². The number of rotatable bonds is 9. The molecule has 0 radical (unpaired) electrons. The van der Waals surface area contributed by atoms with Crippen molar-refractivity contribution in [1.82, 2.24) is 4.57 Å². The van der Waals surface area contributed by atoms with Gasteiger partial charge in [0.1, 0.15) is 0 Å². The Kier molecular flexibility index (Phi) is 5.65. The Balaban J connectivity index is 1.61. The number of aliphatic hydroxyl groups is 1. The molecule has 0 saturated heterocycles. The molecule has 1 saturated carbocycles. The average Bonchev–Trinajstić information content (AvgIpc) is 3.17. The molecule has 0 spiro atoms. The lowest BCUT2D eigenvalue weighted by atomic mass is 10.1. The van der Waals surface area contributed by atoms with Crippen LogP contribution < -0.4 is 0 Å². The van der Waals surface area contributed by atoms with Crippen LogP contribution in [0.2, 0.25) is 0 Å². The molecule has 4 heteroatoms. The minimum absolute atomic E-state index is 0.0942. The summed E-state index contributed by atoms with van der Waals surface area (Å²) in [5.41, 5.74) is 1.04. The lowest BCUT2D eigenvalue weighted by Gasteiger charge is -2.06. The third kappa shape index (κ3) is 4.67. The zero-order valence-corrected chi connectivity index (χ0v) is 12.3. The Morgan fingerprint density at radius 2 is 2.25 bits per heavy atom.